The minimum Gasteiger partial charge on any atom is -0.465 e. The number of ether oxygens (including phenoxy) is 1. The van der Waals surface area contributed by atoms with Crippen molar-refractivity contribution >= 4 is 35.0 Å². The molecule has 0 fully saturated rings. The molecule has 0 bridgehead atoms. The Bertz CT molecular complexity index is 674. The number of nitrogens with zero attached hydrogens (tertiary/aromatic N) is 1. The normalized spacial score (nSPS) is 9.91. The van der Waals surface area contributed by atoms with Crippen molar-refractivity contribution in [3.63, 3.8) is 0 Å². The molecule has 0 aliphatic rings. The van der Waals surface area contributed by atoms with Crippen molar-refractivity contribution in [3.8, 4) is 0 Å². The molecular weight excluding hydrogens is 306 g/mol. The summed E-state index contributed by atoms with van der Waals surface area (Å²) in [5.41, 5.74) is 0.885. The molecule has 2 aromatic rings. The van der Waals surface area contributed by atoms with Crippen LogP contribution in [0.5, 0.6) is 0 Å². The number of halogens is 1. The maximum absolute atomic E-state index is 11.9. The number of pyridine rings is 1. The lowest BCUT2D eigenvalue weighted by molar-refractivity contribution is -0.114. The molecule has 0 spiro atoms. The minimum atomic E-state index is -0.470. The third-order valence-corrected chi connectivity index (χ3v) is 2.99. The number of hydrogen-bond acceptors (Lipinski definition) is 5. The van der Waals surface area contributed by atoms with Crippen molar-refractivity contribution < 1.29 is 14.3 Å². The van der Waals surface area contributed by atoms with E-state index in [4.69, 9.17) is 11.6 Å². The fourth-order valence-corrected chi connectivity index (χ4v) is 1.85. The van der Waals surface area contributed by atoms with Crippen LogP contribution in [-0.4, -0.2) is 30.5 Å². The van der Waals surface area contributed by atoms with Crippen molar-refractivity contribution in [2.75, 3.05) is 24.3 Å². The molecule has 0 saturated heterocycles. The van der Waals surface area contributed by atoms with Gasteiger partial charge in [0.05, 0.1) is 24.2 Å². The summed E-state index contributed by atoms with van der Waals surface area (Å²) >= 11 is 5.72. The Kier molecular flexibility index (Phi) is 5.32. The third kappa shape index (κ3) is 4.20. The number of carbonyl (C=O) groups is 2. The molecule has 0 unspecified atom stereocenters. The fraction of sp³-hybridized carbons (Fsp3) is 0.133. The van der Waals surface area contributed by atoms with E-state index in [1.165, 1.54) is 13.3 Å². The predicted octanol–water partition coefficient (Wildman–Crippen LogP) is 2.57. The maximum Gasteiger partial charge on any atom is 0.339 e. The summed E-state index contributed by atoms with van der Waals surface area (Å²) in [6.07, 6.45) is 1.44. The maximum atomic E-state index is 11.9. The summed E-state index contributed by atoms with van der Waals surface area (Å²) in [7, 11) is 1.30. The summed E-state index contributed by atoms with van der Waals surface area (Å²) in [5.74, 6) is -0.366. The summed E-state index contributed by atoms with van der Waals surface area (Å²) < 4.78 is 4.69. The molecule has 2 rings (SSSR count). The SMILES string of the molecule is COC(=O)c1ccccc1NCC(=O)Nc1ccc(Cl)cn1. The van der Waals surface area contributed by atoms with Gasteiger partial charge in [-0.3, -0.25) is 4.79 Å². The summed E-state index contributed by atoms with van der Waals surface area (Å²) in [6.45, 7) is -0.0156. The molecule has 0 saturated carbocycles. The molecule has 1 amide bonds. The molecule has 22 heavy (non-hydrogen) atoms. The standard InChI is InChI=1S/C15H14ClN3O3/c1-22-15(21)11-4-2-3-5-12(11)17-9-14(20)19-13-7-6-10(16)8-18-13/h2-8,17H,9H2,1H3,(H,18,19,20). The highest BCUT2D eigenvalue weighted by Gasteiger charge is 2.11. The van der Waals surface area contributed by atoms with Crippen LogP contribution in [0.1, 0.15) is 10.4 Å². The van der Waals surface area contributed by atoms with Gasteiger partial charge in [0.2, 0.25) is 5.91 Å². The molecule has 2 N–H and O–H groups in total. The number of para-hydroxylation sites is 1. The van der Waals surface area contributed by atoms with Gasteiger partial charge < -0.3 is 15.4 Å². The highest BCUT2D eigenvalue weighted by atomic mass is 35.5. The van der Waals surface area contributed by atoms with Crippen LogP contribution < -0.4 is 10.6 Å². The first-order valence-corrected chi connectivity index (χ1v) is 6.80. The second-order valence-electron chi connectivity index (χ2n) is 4.30. The topological polar surface area (TPSA) is 80.3 Å². The molecule has 0 atom stereocenters. The molecule has 1 aromatic carbocycles. The lowest BCUT2D eigenvalue weighted by Crippen LogP contribution is -2.23. The monoisotopic (exact) mass is 319 g/mol. The Morgan fingerprint density at radius 2 is 2.00 bits per heavy atom. The average molecular weight is 320 g/mol. The van der Waals surface area contributed by atoms with Gasteiger partial charge in [0.25, 0.3) is 0 Å². The third-order valence-electron chi connectivity index (χ3n) is 2.77. The first kappa shape index (κ1) is 15.8. The zero-order chi connectivity index (χ0) is 15.9. The van der Waals surface area contributed by atoms with E-state index < -0.39 is 5.97 Å². The van der Waals surface area contributed by atoms with Gasteiger partial charge in [-0.15, -0.1) is 0 Å². The van der Waals surface area contributed by atoms with Gasteiger partial charge in [-0.1, -0.05) is 23.7 Å². The lowest BCUT2D eigenvalue weighted by atomic mass is 10.2. The second kappa shape index (κ2) is 7.42. The lowest BCUT2D eigenvalue weighted by Gasteiger charge is -2.10. The van der Waals surface area contributed by atoms with E-state index in [0.29, 0.717) is 22.1 Å². The molecule has 1 heterocycles. The highest BCUT2D eigenvalue weighted by molar-refractivity contribution is 6.30. The van der Waals surface area contributed by atoms with Gasteiger partial charge in [0.1, 0.15) is 5.82 Å². The zero-order valence-electron chi connectivity index (χ0n) is 11.8. The Balaban J connectivity index is 1.96. The molecule has 6 nitrogen and oxygen atoms in total. The van der Waals surface area contributed by atoms with Crippen LogP contribution in [0.15, 0.2) is 42.6 Å². The van der Waals surface area contributed by atoms with E-state index in [2.05, 4.69) is 20.4 Å². The van der Waals surface area contributed by atoms with Crippen LogP contribution in [-0.2, 0) is 9.53 Å². The van der Waals surface area contributed by atoms with E-state index in [-0.39, 0.29) is 12.5 Å². The smallest absolute Gasteiger partial charge is 0.339 e. The Morgan fingerprint density at radius 1 is 1.23 bits per heavy atom. The number of aromatic nitrogens is 1. The summed E-state index contributed by atoms with van der Waals surface area (Å²) in [4.78, 5) is 27.4. The molecule has 114 valence electrons. The summed E-state index contributed by atoms with van der Waals surface area (Å²) in [6, 6.07) is 10.0. The molecule has 0 aliphatic heterocycles. The number of esters is 1. The quantitative estimate of drug-likeness (QED) is 0.828. The fourth-order valence-electron chi connectivity index (χ4n) is 1.74. The number of methoxy groups -OCH3 is 1. The van der Waals surface area contributed by atoms with Crippen LogP contribution in [0.4, 0.5) is 11.5 Å². The highest BCUT2D eigenvalue weighted by Crippen LogP contribution is 2.15. The van der Waals surface area contributed by atoms with Crippen molar-refractivity contribution in [1.82, 2.24) is 4.98 Å². The first-order chi connectivity index (χ1) is 10.6. The average Bonchev–Trinajstić information content (AvgIpc) is 2.54. The van der Waals surface area contributed by atoms with E-state index in [1.54, 1.807) is 36.4 Å². The molecular formula is C15H14ClN3O3. The first-order valence-electron chi connectivity index (χ1n) is 6.43. The van der Waals surface area contributed by atoms with Gasteiger partial charge in [-0.05, 0) is 24.3 Å². The van der Waals surface area contributed by atoms with Gasteiger partial charge in [0.15, 0.2) is 0 Å². The molecule has 0 radical (unpaired) electrons. The number of anilines is 2. The Labute approximate surface area is 132 Å². The van der Waals surface area contributed by atoms with Crippen LogP contribution >= 0.6 is 11.6 Å². The number of hydrogen-bond donors (Lipinski definition) is 2. The van der Waals surface area contributed by atoms with Crippen LogP contribution in [0.25, 0.3) is 0 Å². The number of amides is 1. The number of benzene rings is 1. The van der Waals surface area contributed by atoms with Gasteiger partial charge in [-0.25, -0.2) is 9.78 Å². The van der Waals surface area contributed by atoms with E-state index in [9.17, 15) is 9.59 Å². The number of carbonyl (C=O) groups excluding carboxylic acids is 2. The Morgan fingerprint density at radius 3 is 2.68 bits per heavy atom. The van der Waals surface area contributed by atoms with Gasteiger partial charge >= 0.3 is 5.97 Å². The van der Waals surface area contributed by atoms with Gasteiger partial charge in [-0.2, -0.15) is 0 Å². The van der Waals surface area contributed by atoms with E-state index >= 15 is 0 Å². The van der Waals surface area contributed by atoms with E-state index in [0.717, 1.165) is 0 Å². The van der Waals surface area contributed by atoms with Gasteiger partial charge in [0, 0.05) is 11.9 Å². The van der Waals surface area contributed by atoms with Crippen LogP contribution in [0.2, 0.25) is 5.02 Å². The molecule has 0 aliphatic carbocycles. The van der Waals surface area contributed by atoms with Crippen molar-refractivity contribution in [2.24, 2.45) is 0 Å². The molecule has 7 heteroatoms. The molecule has 1 aromatic heterocycles. The summed E-state index contributed by atoms with van der Waals surface area (Å²) in [5, 5.41) is 6.00. The largest absolute Gasteiger partial charge is 0.465 e. The predicted molar refractivity (Wildman–Crippen MR) is 84.1 cm³/mol. The van der Waals surface area contributed by atoms with Crippen molar-refractivity contribution in [2.45, 2.75) is 0 Å². The minimum absolute atomic E-state index is 0.0156. The number of nitrogens with one attached hydrogen (secondary N) is 2. The second-order valence-corrected chi connectivity index (χ2v) is 4.74. The van der Waals surface area contributed by atoms with Crippen LogP contribution in [0.3, 0.4) is 0 Å². The number of rotatable bonds is 5. The van der Waals surface area contributed by atoms with E-state index in [1.807, 2.05) is 0 Å². The zero-order valence-corrected chi connectivity index (χ0v) is 12.6. The Hall–Kier alpha value is -2.60. The van der Waals surface area contributed by atoms with Crippen molar-refractivity contribution in [1.29, 1.82) is 0 Å². The van der Waals surface area contributed by atoms with Crippen molar-refractivity contribution in [3.05, 3.63) is 53.2 Å². The van der Waals surface area contributed by atoms with Crippen LogP contribution in [0, 0.1) is 0 Å².